The average molecular weight is 296 g/mol. The zero-order valence-electron chi connectivity index (χ0n) is 13.3. The van der Waals surface area contributed by atoms with Crippen LogP contribution in [0.4, 0.5) is 0 Å². The van der Waals surface area contributed by atoms with Gasteiger partial charge in [0, 0.05) is 11.6 Å². The summed E-state index contributed by atoms with van der Waals surface area (Å²) in [6.07, 6.45) is 1.75. The van der Waals surface area contributed by atoms with Crippen LogP contribution in [0.15, 0.2) is 40.9 Å². The van der Waals surface area contributed by atoms with Crippen molar-refractivity contribution < 1.29 is 14.2 Å². The highest BCUT2D eigenvalue weighted by Gasteiger charge is 2.36. The molecule has 1 N–H and O–H groups in total. The first-order valence-corrected chi connectivity index (χ1v) is 7.29. The summed E-state index contributed by atoms with van der Waals surface area (Å²) in [7, 11) is 1.67. The third-order valence-electron chi connectivity index (χ3n) is 4.24. The Morgan fingerprint density at radius 2 is 1.82 bits per heavy atom. The molecule has 0 saturated carbocycles. The summed E-state index contributed by atoms with van der Waals surface area (Å²) in [5.74, 6) is 0. The van der Waals surface area contributed by atoms with Crippen molar-refractivity contribution in [3.8, 4) is 0 Å². The molecular formula is C17H19BNO3. The van der Waals surface area contributed by atoms with Gasteiger partial charge in [-0.05, 0) is 51.4 Å². The fourth-order valence-corrected chi connectivity index (χ4v) is 2.12. The van der Waals surface area contributed by atoms with E-state index in [-0.39, 0.29) is 0 Å². The average Bonchev–Trinajstić information content (AvgIpc) is 2.83. The van der Waals surface area contributed by atoms with Crippen molar-refractivity contribution in [2.24, 2.45) is 0 Å². The second kappa shape index (κ2) is 5.11. The summed E-state index contributed by atoms with van der Waals surface area (Å²) >= 11 is 0. The van der Waals surface area contributed by atoms with Crippen LogP contribution in [0.2, 0.25) is 0 Å². The van der Waals surface area contributed by atoms with E-state index in [1.165, 1.54) is 0 Å². The van der Waals surface area contributed by atoms with Crippen molar-refractivity contribution in [1.82, 2.24) is 4.98 Å². The summed E-state index contributed by atoms with van der Waals surface area (Å²) in [6.45, 7) is 7.18. The van der Waals surface area contributed by atoms with Gasteiger partial charge in [0.25, 0.3) is 0 Å². The van der Waals surface area contributed by atoms with Gasteiger partial charge in [-0.2, -0.15) is 0 Å². The molecule has 2 heterocycles. The van der Waals surface area contributed by atoms with Gasteiger partial charge in [-0.25, -0.2) is 0 Å². The van der Waals surface area contributed by atoms with Gasteiger partial charge >= 0.3 is 7.48 Å². The first-order valence-electron chi connectivity index (χ1n) is 7.29. The van der Waals surface area contributed by atoms with Crippen LogP contribution in [0.25, 0.3) is 22.1 Å². The zero-order valence-corrected chi connectivity index (χ0v) is 13.3. The summed E-state index contributed by atoms with van der Waals surface area (Å²) in [5.41, 5.74) is 1.53. The predicted molar refractivity (Wildman–Crippen MR) is 88.4 cm³/mol. The maximum Gasteiger partial charge on any atom is 0.331 e. The highest BCUT2D eigenvalue weighted by Crippen LogP contribution is 2.27. The molecule has 0 aliphatic rings. The third kappa shape index (κ3) is 2.51. The van der Waals surface area contributed by atoms with Crippen LogP contribution < -0.4 is 5.46 Å². The van der Waals surface area contributed by atoms with Gasteiger partial charge in [-0.1, -0.05) is 12.1 Å². The number of benzene rings is 1. The number of furan rings is 1. The van der Waals surface area contributed by atoms with Crippen molar-refractivity contribution in [1.29, 1.82) is 0 Å². The zero-order chi connectivity index (χ0) is 16.0. The molecule has 0 amide bonds. The summed E-state index contributed by atoms with van der Waals surface area (Å²) in [6, 6.07) is 9.52. The Bertz CT molecular complexity index is 817. The van der Waals surface area contributed by atoms with E-state index in [0.717, 1.165) is 27.5 Å². The summed E-state index contributed by atoms with van der Waals surface area (Å²) in [5, 5.41) is 11.1. The quantitative estimate of drug-likeness (QED) is 0.752. The van der Waals surface area contributed by atoms with Crippen molar-refractivity contribution in [2.75, 3.05) is 0 Å². The number of hydrogen-bond donors (Lipinski definition) is 1. The Hall–Kier alpha value is -1.85. The molecule has 1 aromatic carbocycles. The van der Waals surface area contributed by atoms with Crippen LogP contribution in [0, 0.1) is 0 Å². The smallest absolute Gasteiger partial charge is 0.331 e. The molecule has 5 heteroatoms. The standard InChI is InChI=1S/C17H19BNO3/c1-16(2,20)17(3,4)22-18-11-7-5-8-12-14(11)15-13(21-12)9-6-10-19-15/h5-10,20H,1-4H3. The van der Waals surface area contributed by atoms with E-state index >= 15 is 0 Å². The maximum absolute atomic E-state index is 10.2. The number of pyridine rings is 1. The monoisotopic (exact) mass is 296 g/mol. The van der Waals surface area contributed by atoms with Crippen molar-refractivity contribution in [3.05, 3.63) is 36.5 Å². The molecule has 22 heavy (non-hydrogen) atoms. The van der Waals surface area contributed by atoms with Gasteiger partial charge in [0.15, 0.2) is 5.58 Å². The summed E-state index contributed by atoms with van der Waals surface area (Å²) < 4.78 is 11.7. The molecule has 3 rings (SSSR count). The Morgan fingerprint density at radius 3 is 2.55 bits per heavy atom. The summed E-state index contributed by atoms with van der Waals surface area (Å²) in [4.78, 5) is 4.40. The first kappa shape index (κ1) is 15.1. The fourth-order valence-electron chi connectivity index (χ4n) is 2.12. The number of aliphatic hydroxyl groups is 1. The molecular weight excluding hydrogens is 277 g/mol. The highest BCUT2D eigenvalue weighted by atomic mass is 16.5. The molecule has 0 atom stereocenters. The Morgan fingerprint density at radius 1 is 1.09 bits per heavy atom. The molecule has 0 saturated heterocycles. The van der Waals surface area contributed by atoms with Gasteiger partial charge in [-0.3, -0.25) is 4.98 Å². The van der Waals surface area contributed by atoms with Crippen LogP contribution in [0.5, 0.6) is 0 Å². The fraction of sp³-hybridized carbons (Fsp3) is 0.353. The van der Waals surface area contributed by atoms with Crippen LogP contribution in [-0.4, -0.2) is 28.8 Å². The lowest BCUT2D eigenvalue weighted by Crippen LogP contribution is -2.49. The number of aromatic nitrogens is 1. The number of nitrogens with zero attached hydrogens (tertiary/aromatic N) is 1. The third-order valence-corrected chi connectivity index (χ3v) is 4.24. The Labute approximate surface area is 130 Å². The van der Waals surface area contributed by atoms with Crippen molar-refractivity contribution >= 4 is 35.0 Å². The molecule has 4 nitrogen and oxygen atoms in total. The first-order chi connectivity index (χ1) is 10.3. The minimum atomic E-state index is -0.964. The maximum atomic E-state index is 10.2. The van der Waals surface area contributed by atoms with Gasteiger partial charge < -0.3 is 14.2 Å². The molecule has 0 aliphatic carbocycles. The lowest BCUT2D eigenvalue weighted by Gasteiger charge is -2.37. The van der Waals surface area contributed by atoms with Crippen LogP contribution >= 0.6 is 0 Å². The van der Waals surface area contributed by atoms with Gasteiger partial charge in [0.1, 0.15) is 11.1 Å². The van der Waals surface area contributed by atoms with E-state index in [4.69, 9.17) is 9.07 Å². The normalized spacial score (nSPS) is 13.0. The lowest BCUT2D eigenvalue weighted by molar-refractivity contribution is -0.0893. The molecule has 0 unspecified atom stereocenters. The van der Waals surface area contributed by atoms with E-state index in [1.54, 1.807) is 27.5 Å². The molecule has 0 bridgehead atoms. The topological polar surface area (TPSA) is 55.5 Å². The largest absolute Gasteiger partial charge is 0.454 e. The van der Waals surface area contributed by atoms with Crippen LogP contribution in [0.1, 0.15) is 27.7 Å². The number of rotatable bonds is 4. The Balaban J connectivity index is 2.01. The van der Waals surface area contributed by atoms with E-state index in [9.17, 15) is 5.11 Å². The van der Waals surface area contributed by atoms with E-state index in [2.05, 4.69) is 4.98 Å². The molecule has 0 aliphatic heterocycles. The molecule has 0 spiro atoms. The Kier molecular flexibility index (Phi) is 3.50. The van der Waals surface area contributed by atoms with E-state index in [1.807, 2.05) is 44.2 Å². The van der Waals surface area contributed by atoms with Crippen LogP contribution in [0.3, 0.4) is 0 Å². The minimum absolute atomic E-state index is 0.720. The van der Waals surface area contributed by atoms with Crippen molar-refractivity contribution in [3.63, 3.8) is 0 Å². The minimum Gasteiger partial charge on any atom is -0.454 e. The molecule has 0 fully saturated rings. The lowest BCUT2D eigenvalue weighted by atomic mass is 9.81. The second-order valence-corrected chi connectivity index (χ2v) is 6.48. The molecule has 1 radical (unpaired) electrons. The highest BCUT2D eigenvalue weighted by molar-refractivity contribution is 6.52. The molecule has 113 valence electrons. The van der Waals surface area contributed by atoms with E-state index < -0.39 is 11.2 Å². The van der Waals surface area contributed by atoms with E-state index in [0.29, 0.717) is 0 Å². The SMILES string of the molecule is CC(C)(O)C(C)(C)O[B]c1cccc2oc3cccnc3c12. The molecule has 3 aromatic rings. The molecule has 2 aromatic heterocycles. The van der Waals surface area contributed by atoms with Gasteiger partial charge in [0.05, 0.1) is 11.2 Å². The second-order valence-electron chi connectivity index (χ2n) is 6.48. The number of fused-ring (bicyclic) bond motifs is 3. The number of hydrogen-bond acceptors (Lipinski definition) is 4. The predicted octanol–water partition coefficient (Wildman–Crippen LogP) is 2.79. The van der Waals surface area contributed by atoms with Gasteiger partial charge in [-0.15, -0.1) is 0 Å². The van der Waals surface area contributed by atoms with Gasteiger partial charge in [0.2, 0.25) is 0 Å². The van der Waals surface area contributed by atoms with Crippen LogP contribution in [-0.2, 0) is 4.65 Å². The van der Waals surface area contributed by atoms with Crippen molar-refractivity contribution in [2.45, 2.75) is 38.9 Å².